The lowest BCUT2D eigenvalue weighted by Crippen LogP contribution is -2.61. The van der Waals surface area contributed by atoms with Crippen LogP contribution >= 0.6 is 0 Å². The fourth-order valence-electron chi connectivity index (χ4n) is 7.67. The second-order valence-electron chi connectivity index (χ2n) is 18.0. The number of aliphatic hydroxyl groups excluding tert-OH is 7. The van der Waals surface area contributed by atoms with Gasteiger partial charge in [-0.3, -0.25) is 9.59 Å². The first-order chi connectivity index (χ1) is 33.0. The molecule has 11 atom stereocenters. The van der Waals surface area contributed by atoms with E-state index in [2.05, 4.69) is 74.6 Å². The molecule has 2 fully saturated rings. The van der Waals surface area contributed by atoms with Crippen molar-refractivity contribution in [1.82, 2.24) is 0 Å². The standard InChI is InChI=1S/C53H90O15/c1-3-5-7-9-11-13-15-17-18-19-20-21-22-24-26-28-30-32-34-36-45(56)66-41(38-63-44(55)35-33-31-29-27-25-23-16-14-12-10-8-6-4-2)39-64-52-51(62)49(60)47(58)43(68-52)40-65-53-50(61)48(59)46(57)42(37-54)67-53/h8,10-11,13-14,16-18,20-21,41-43,46-54,57-62H,3-7,9,12,15,19,22-40H2,1-2H3/b10-8-,13-11-,16-14-,18-17-,21-20-. The van der Waals surface area contributed by atoms with E-state index >= 15 is 0 Å². The molecule has 392 valence electrons. The highest BCUT2D eigenvalue weighted by Gasteiger charge is 2.47. The molecule has 2 aliphatic heterocycles. The molecule has 11 unspecified atom stereocenters. The molecule has 0 bridgehead atoms. The number of hydrogen-bond acceptors (Lipinski definition) is 15. The van der Waals surface area contributed by atoms with Crippen molar-refractivity contribution >= 4 is 11.9 Å². The SMILES string of the molecule is CCC/C=C\C/C=C\CCCCCCCC(=O)OCC(COC1OC(COC2OC(CO)C(O)C(O)C2O)C(O)C(O)C1O)OC(=O)CCCCCCCC/C=C\C/C=C\C/C=C\CCCCC. The minimum atomic E-state index is -1.77. The Morgan fingerprint density at radius 1 is 0.471 bits per heavy atom. The summed E-state index contributed by atoms with van der Waals surface area (Å²) in [5.41, 5.74) is 0. The quantitative estimate of drug-likeness (QED) is 0.0183. The number of esters is 2. The summed E-state index contributed by atoms with van der Waals surface area (Å²) in [4.78, 5) is 25.8. The van der Waals surface area contributed by atoms with Crippen LogP contribution < -0.4 is 0 Å². The Hall–Kier alpha value is -2.80. The predicted octanol–water partition coefficient (Wildman–Crippen LogP) is 7.27. The van der Waals surface area contributed by atoms with Gasteiger partial charge in [0, 0.05) is 12.8 Å². The lowest BCUT2D eigenvalue weighted by molar-refractivity contribution is -0.332. The van der Waals surface area contributed by atoms with Gasteiger partial charge < -0.3 is 64.2 Å². The minimum absolute atomic E-state index is 0.145. The van der Waals surface area contributed by atoms with Crippen molar-refractivity contribution in [3.63, 3.8) is 0 Å². The Bertz CT molecular complexity index is 1420. The number of carbonyl (C=O) groups excluding carboxylic acids is 2. The smallest absolute Gasteiger partial charge is 0.306 e. The molecule has 2 aliphatic rings. The van der Waals surface area contributed by atoms with Crippen LogP contribution in [0.4, 0.5) is 0 Å². The van der Waals surface area contributed by atoms with Crippen LogP contribution in [-0.2, 0) is 38.0 Å². The molecule has 0 aromatic heterocycles. The first kappa shape index (κ1) is 61.3. The summed E-state index contributed by atoms with van der Waals surface area (Å²) in [5, 5.41) is 72.1. The molecule has 0 aromatic carbocycles. The van der Waals surface area contributed by atoms with Crippen LogP contribution in [0.25, 0.3) is 0 Å². The zero-order chi connectivity index (χ0) is 49.6. The van der Waals surface area contributed by atoms with Crippen LogP contribution in [0.1, 0.15) is 168 Å². The van der Waals surface area contributed by atoms with E-state index in [1.807, 2.05) is 0 Å². The Balaban J connectivity index is 1.82. The van der Waals surface area contributed by atoms with Crippen LogP contribution in [0, 0.1) is 0 Å². The van der Waals surface area contributed by atoms with Crippen molar-refractivity contribution < 1.29 is 73.8 Å². The van der Waals surface area contributed by atoms with Crippen molar-refractivity contribution in [2.45, 2.75) is 235 Å². The largest absolute Gasteiger partial charge is 0.462 e. The number of carbonyl (C=O) groups is 2. The van der Waals surface area contributed by atoms with Gasteiger partial charge in [0.25, 0.3) is 0 Å². The molecule has 68 heavy (non-hydrogen) atoms. The molecule has 0 aromatic rings. The predicted molar refractivity (Wildman–Crippen MR) is 261 cm³/mol. The van der Waals surface area contributed by atoms with Gasteiger partial charge >= 0.3 is 11.9 Å². The van der Waals surface area contributed by atoms with Crippen LogP contribution in [0.2, 0.25) is 0 Å². The molecule has 15 heteroatoms. The molecule has 15 nitrogen and oxygen atoms in total. The average Bonchev–Trinajstić information content (AvgIpc) is 3.33. The highest BCUT2D eigenvalue weighted by molar-refractivity contribution is 5.70. The molecular formula is C53H90O15. The summed E-state index contributed by atoms with van der Waals surface area (Å²) < 4.78 is 33.5. The fraction of sp³-hybridized carbons (Fsp3) is 0.774. The van der Waals surface area contributed by atoms with Gasteiger partial charge in [0.1, 0.15) is 55.4 Å². The zero-order valence-electron chi connectivity index (χ0n) is 41.3. The molecule has 2 rings (SSSR count). The van der Waals surface area contributed by atoms with Gasteiger partial charge in [0.2, 0.25) is 0 Å². The van der Waals surface area contributed by atoms with Crippen LogP contribution in [0.15, 0.2) is 60.8 Å². The summed E-state index contributed by atoms with van der Waals surface area (Å²) >= 11 is 0. The number of hydrogen-bond donors (Lipinski definition) is 7. The second-order valence-corrected chi connectivity index (χ2v) is 18.0. The van der Waals surface area contributed by atoms with Crippen molar-refractivity contribution in [3.8, 4) is 0 Å². The number of unbranched alkanes of at least 4 members (excludes halogenated alkanes) is 15. The summed E-state index contributed by atoms with van der Waals surface area (Å²) in [6.45, 7) is 2.46. The highest BCUT2D eigenvalue weighted by atomic mass is 16.7. The average molecular weight is 967 g/mol. The minimum Gasteiger partial charge on any atom is -0.462 e. The first-order valence-corrected chi connectivity index (χ1v) is 25.9. The Labute approximate surface area is 407 Å². The van der Waals surface area contributed by atoms with Crippen LogP contribution in [0.3, 0.4) is 0 Å². The molecular weight excluding hydrogens is 877 g/mol. The summed E-state index contributed by atoms with van der Waals surface area (Å²) in [6.07, 6.45) is 28.1. The number of rotatable bonds is 39. The molecule has 7 N–H and O–H groups in total. The number of aliphatic hydroxyl groups is 7. The topological polar surface area (TPSA) is 231 Å². The van der Waals surface area contributed by atoms with Gasteiger partial charge in [-0.05, 0) is 77.0 Å². The summed E-state index contributed by atoms with van der Waals surface area (Å²) in [6, 6.07) is 0. The van der Waals surface area contributed by atoms with Crippen molar-refractivity contribution in [2.75, 3.05) is 26.4 Å². The third-order valence-electron chi connectivity index (χ3n) is 11.9. The molecule has 2 heterocycles. The van der Waals surface area contributed by atoms with E-state index in [0.717, 1.165) is 103 Å². The monoisotopic (exact) mass is 967 g/mol. The normalized spacial score (nSPS) is 26.2. The van der Waals surface area contributed by atoms with E-state index in [4.69, 9.17) is 28.4 Å². The Kier molecular flexibility index (Phi) is 36.0. The number of ether oxygens (including phenoxy) is 6. The van der Waals surface area contributed by atoms with Crippen molar-refractivity contribution in [2.24, 2.45) is 0 Å². The molecule has 0 aliphatic carbocycles. The van der Waals surface area contributed by atoms with Gasteiger partial charge in [0.15, 0.2) is 18.7 Å². The Morgan fingerprint density at radius 3 is 1.44 bits per heavy atom. The fourth-order valence-corrected chi connectivity index (χ4v) is 7.67. The van der Waals surface area contributed by atoms with E-state index in [1.54, 1.807) is 0 Å². The van der Waals surface area contributed by atoms with E-state index in [9.17, 15) is 45.3 Å². The van der Waals surface area contributed by atoms with Gasteiger partial charge in [0.05, 0.1) is 19.8 Å². The van der Waals surface area contributed by atoms with Gasteiger partial charge in [-0.1, -0.05) is 139 Å². The maximum absolute atomic E-state index is 13.0. The molecule has 2 saturated heterocycles. The third-order valence-corrected chi connectivity index (χ3v) is 11.9. The van der Waals surface area contributed by atoms with Gasteiger partial charge in [-0.15, -0.1) is 0 Å². The highest BCUT2D eigenvalue weighted by Crippen LogP contribution is 2.26. The van der Waals surface area contributed by atoms with Crippen molar-refractivity contribution in [1.29, 1.82) is 0 Å². The molecule has 0 spiro atoms. The number of allylic oxidation sites excluding steroid dienone is 10. The van der Waals surface area contributed by atoms with Gasteiger partial charge in [-0.25, -0.2) is 0 Å². The summed E-state index contributed by atoms with van der Waals surface area (Å²) in [5.74, 6) is -0.960. The molecule has 0 radical (unpaired) electrons. The first-order valence-electron chi connectivity index (χ1n) is 25.9. The lowest BCUT2D eigenvalue weighted by atomic mass is 9.98. The second kappa shape index (κ2) is 39.9. The molecule has 0 amide bonds. The molecule has 0 saturated carbocycles. The zero-order valence-corrected chi connectivity index (χ0v) is 41.3. The van der Waals surface area contributed by atoms with E-state index < -0.39 is 99.3 Å². The van der Waals surface area contributed by atoms with Crippen LogP contribution in [-0.4, -0.2) is 142 Å². The van der Waals surface area contributed by atoms with Crippen LogP contribution in [0.5, 0.6) is 0 Å². The third kappa shape index (κ3) is 27.6. The Morgan fingerprint density at radius 2 is 0.912 bits per heavy atom. The lowest BCUT2D eigenvalue weighted by Gasteiger charge is -2.42. The van der Waals surface area contributed by atoms with E-state index in [1.165, 1.54) is 25.7 Å². The maximum Gasteiger partial charge on any atom is 0.306 e. The van der Waals surface area contributed by atoms with Gasteiger partial charge in [-0.2, -0.15) is 0 Å². The van der Waals surface area contributed by atoms with E-state index in [0.29, 0.717) is 12.8 Å². The maximum atomic E-state index is 13.0. The van der Waals surface area contributed by atoms with Crippen molar-refractivity contribution in [3.05, 3.63) is 60.8 Å². The summed E-state index contributed by atoms with van der Waals surface area (Å²) in [7, 11) is 0. The van der Waals surface area contributed by atoms with E-state index in [-0.39, 0.29) is 19.4 Å².